The van der Waals surface area contributed by atoms with Crippen molar-refractivity contribution in [1.29, 1.82) is 0 Å². The molecule has 7 rings (SSSR count). The number of urea groups is 1. The lowest BCUT2D eigenvalue weighted by molar-refractivity contribution is -0.137. The summed E-state index contributed by atoms with van der Waals surface area (Å²) < 4.78 is 40.1. The third-order valence-electron chi connectivity index (χ3n) is 8.69. The summed E-state index contributed by atoms with van der Waals surface area (Å²) in [6, 6.07) is 16.0. The number of carbonyl (C=O) groups excluding carboxylic acids is 2. The van der Waals surface area contributed by atoms with Gasteiger partial charge in [0.15, 0.2) is 5.82 Å². The number of fused-ring (bicyclic) bond motifs is 4. The highest BCUT2D eigenvalue weighted by Gasteiger charge is 2.41. The maximum Gasteiger partial charge on any atom is 0.416 e. The lowest BCUT2D eigenvalue weighted by Crippen LogP contribution is -2.48. The van der Waals surface area contributed by atoms with E-state index in [1.54, 1.807) is 17.0 Å². The Labute approximate surface area is 236 Å². The molecule has 10 heteroatoms. The summed E-state index contributed by atoms with van der Waals surface area (Å²) in [5, 5.41) is 3.05. The fourth-order valence-electron chi connectivity index (χ4n) is 6.36. The van der Waals surface area contributed by atoms with Crippen molar-refractivity contribution in [3.63, 3.8) is 0 Å². The molecule has 2 aromatic carbocycles. The highest BCUT2D eigenvalue weighted by molar-refractivity contribution is 6.04. The molecular weight excluding hydrogens is 531 g/mol. The van der Waals surface area contributed by atoms with Crippen LogP contribution in [-0.4, -0.2) is 54.0 Å². The summed E-state index contributed by atoms with van der Waals surface area (Å²) in [5.74, 6) is 1.15. The second-order valence-corrected chi connectivity index (χ2v) is 11.5. The minimum atomic E-state index is -4.46. The van der Waals surface area contributed by atoms with Crippen LogP contribution in [-0.2, 0) is 11.0 Å². The number of benzene rings is 2. The van der Waals surface area contributed by atoms with Crippen molar-refractivity contribution < 1.29 is 22.8 Å². The third-order valence-corrected chi connectivity index (χ3v) is 8.69. The van der Waals surface area contributed by atoms with Crippen LogP contribution in [0.5, 0.6) is 0 Å². The first-order valence-corrected chi connectivity index (χ1v) is 14.2. The fraction of sp³-hybridized carbons (Fsp3) is 0.387. The first-order valence-electron chi connectivity index (χ1n) is 14.2. The van der Waals surface area contributed by atoms with E-state index in [0.717, 1.165) is 62.2 Å². The molecule has 2 unspecified atom stereocenters. The molecule has 3 amide bonds. The number of amides is 3. The molecule has 1 saturated carbocycles. The van der Waals surface area contributed by atoms with E-state index in [9.17, 15) is 22.8 Å². The van der Waals surface area contributed by atoms with E-state index in [0.29, 0.717) is 35.9 Å². The van der Waals surface area contributed by atoms with Gasteiger partial charge in [-0.3, -0.25) is 9.69 Å². The fourth-order valence-corrected chi connectivity index (χ4v) is 6.36. The van der Waals surface area contributed by atoms with Gasteiger partial charge in [-0.15, -0.1) is 0 Å². The molecule has 3 aliphatic heterocycles. The van der Waals surface area contributed by atoms with Gasteiger partial charge in [0.25, 0.3) is 0 Å². The van der Waals surface area contributed by atoms with E-state index < -0.39 is 11.7 Å². The van der Waals surface area contributed by atoms with Gasteiger partial charge < -0.3 is 15.1 Å². The summed E-state index contributed by atoms with van der Waals surface area (Å²) in [5.41, 5.74) is 2.53. The number of hydrogen-bond acceptors (Lipinski definition) is 4. The Bertz CT molecular complexity index is 1520. The Morgan fingerprint density at radius 3 is 2.54 bits per heavy atom. The average Bonchev–Trinajstić information content (AvgIpc) is 3.55. The van der Waals surface area contributed by atoms with Crippen LogP contribution in [0, 0.1) is 5.92 Å². The molecule has 1 aliphatic carbocycles. The second kappa shape index (κ2) is 9.78. The molecule has 3 aromatic rings. The molecular formula is C31H30F3N5O2. The topological polar surface area (TPSA) is 68.8 Å². The number of pyridine rings is 1. The minimum Gasteiger partial charge on any atom is -0.366 e. The molecule has 2 saturated heterocycles. The Kier molecular flexibility index (Phi) is 6.17. The Morgan fingerprint density at radius 1 is 0.902 bits per heavy atom. The molecule has 7 nitrogen and oxygen atoms in total. The highest BCUT2D eigenvalue weighted by Crippen LogP contribution is 2.41. The van der Waals surface area contributed by atoms with E-state index in [4.69, 9.17) is 4.98 Å². The van der Waals surface area contributed by atoms with Gasteiger partial charge in [-0.1, -0.05) is 24.3 Å². The zero-order valence-electron chi connectivity index (χ0n) is 22.4. The van der Waals surface area contributed by atoms with Crippen LogP contribution in [0.4, 0.5) is 35.2 Å². The van der Waals surface area contributed by atoms with Gasteiger partial charge in [0.1, 0.15) is 0 Å². The zero-order chi connectivity index (χ0) is 28.3. The molecule has 3 fully saturated rings. The number of alkyl halides is 3. The lowest BCUT2D eigenvalue weighted by Gasteiger charge is -2.36. The molecule has 4 heterocycles. The number of likely N-dealkylation sites (tertiary alicyclic amines) is 1. The van der Waals surface area contributed by atoms with Crippen LogP contribution >= 0.6 is 0 Å². The lowest BCUT2D eigenvalue weighted by atomic mass is 9.98. The first kappa shape index (κ1) is 25.9. The van der Waals surface area contributed by atoms with Gasteiger partial charge in [0.05, 0.1) is 23.0 Å². The molecule has 2 bridgehead atoms. The van der Waals surface area contributed by atoms with Gasteiger partial charge in [0.2, 0.25) is 5.91 Å². The maximum absolute atomic E-state index is 13.8. The Balaban J connectivity index is 1.13. The number of anilines is 3. The van der Waals surface area contributed by atoms with Crippen molar-refractivity contribution in [3.8, 4) is 11.3 Å². The largest absolute Gasteiger partial charge is 0.416 e. The van der Waals surface area contributed by atoms with Crippen LogP contribution in [0.3, 0.4) is 0 Å². The number of carbonyl (C=O) groups is 2. The molecule has 41 heavy (non-hydrogen) atoms. The van der Waals surface area contributed by atoms with E-state index >= 15 is 0 Å². The predicted octanol–water partition coefficient (Wildman–Crippen LogP) is 6.12. The normalized spacial score (nSPS) is 21.7. The number of hydrogen-bond donors (Lipinski definition) is 1. The summed E-state index contributed by atoms with van der Waals surface area (Å²) in [7, 11) is 0. The summed E-state index contributed by atoms with van der Waals surface area (Å²) in [6.45, 7) is 2.92. The first-order chi connectivity index (χ1) is 19.7. The van der Waals surface area contributed by atoms with Crippen molar-refractivity contribution in [2.75, 3.05) is 41.3 Å². The van der Waals surface area contributed by atoms with Gasteiger partial charge >= 0.3 is 12.2 Å². The van der Waals surface area contributed by atoms with Crippen LogP contribution in [0.2, 0.25) is 0 Å². The quantitative estimate of drug-likeness (QED) is 0.417. The monoisotopic (exact) mass is 561 g/mol. The Hall–Kier alpha value is -4.08. The summed E-state index contributed by atoms with van der Waals surface area (Å²) >= 11 is 0. The van der Waals surface area contributed by atoms with Gasteiger partial charge in [-0.05, 0) is 67.6 Å². The second-order valence-electron chi connectivity index (χ2n) is 11.5. The predicted molar refractivity (Wildman–Crippen MR) is 150 cm³/mol. The van der Waals surface area contributed by atoms with Gasteiger partial charge in [0, 0.05) is 49.3 Å². The van der Waals surface area contributed by atoms with E-state index in [2.05, 4.69) is 10.2 Å². The Morgan fingerprint density at radius 2 is 1.73 bits per heavy atom. The molecule has 1 N–H and O–H groups in total. The van der Waals surface area contributed by atoms with Crippen molar-refractivity contribution in [2.24, 2.45) is 5.92 Å². The smallest absolute Gasteiger partial charge is 0.366 e. The van der Waals surface area contributed by atoms with E-state index in [1.807, 2.05) is 35.2 Å². The third kappa shape index (κ3) is 4.89. The van der Waals surface area contributed by atoms with Crippen molar-refractivity contribution in [1.82, 2.24) is 9.88 Å². The zero-order valence-corrected chi connectivity index (χ0v) is 22.4. The number of rotatable bonds is 4. The number of aromatic nitrogens is 1. The summed E-state index contributed by atoms with van der Waals surface area (Å²) in [6.07, 6.45) is -0.795. The number of nitrogens with zero attached hydrogens (tertiary/aromatic N) is 4. The highest BCUT2D eigenvalue weighted by atomic mass is 19.4. The van der Waals surface area contributed by atoms with Crippen LogP contribution in [0.25, 0.3) is 11.3 Å². The van der Waals surface area contributed by atoms with Crippen molar-refractivity contribution in [2.45, 2.75) is 43.8 Å². The van der Waals surface area contributed by atoms with Gasteiger partial charge in [-0.25, -0.2) is 9.78 Å². The van der Waals surface area contributed by atoms with E-state index in [1.165, 1.54) is 6.07 Å². The molecule has 4 aliphatic rings. The number of halogens is 3. The average molecular weight is 562 g/mol. The van der Waals surface area contributed by atoms with Crippen molar-refractivity contribution >= 4 is 29.1 Å². The van der Waals surface area contributed by atoms with Gasteiger partial charge in [-0.2, -0.15) is 13.2 Å². The van der Waals surface area contributed by atoms with E-state index in [-0.39, 0.29) is 29.8 Å². The van der Waals surface area contributed by atoms with Crippen LogP contribution in [0.15, 0.2) is 60.7 Å². The summed E-state index contributed by atoms with van der Waals surface area (Å²) in [4.78, 5) is 36.8. The minimum absolute atomic E-state index is 0.0910. The molecule has 0 spiro atoms. The van der Waals surface area contributed by atoms with Crippen LogP contribution < -0.4 is 15.1 Å². The molecule has 0 radical (unpaired) electrons. The molecule has 1 aromatic heterocycles. The molecule has 2 atom stereocenters. The van der Waals surface area contributed by atoms with Crippen LogP contribution in [0.1, 0.15) is 42.7 Å². The number of nitrogens with one attached hydrogen (secondary N) is 1. The standard InChI is InChI=1S/C31H30F3N5O2/c32-31(33,34)23-5-1-4-21(15-23)26-9-10-27-28(36-26)39(25-12-14-37(27)18-25)30(41)35-24-6-2-3-20(16-24)22-11-13-38(17-22)29(40)19-7-8-19/h1-6,9-10,15-16,19,22,25H,7-8,11-14,17-18H2,(H,35,41). The van der Waals surface area contributed by atoms with Crippen molar-refractivity contribution in [3.05, 3.63) is 71.8 Å². The maximum atomic E-state index is 13.8. The SMILES string of the molecule is O=C(C1CC1)N1CCC(c2cccc(NC(=O)N3c4nc(-c5cccc(C(F)(F)F)c5)ccc4N4CCC3C4)c2)C1. The molecule has 212 valence electrons.